The lowest BCUT2D eigenvalue weighted by Crippen LogP contribution is -2.42. The Kier molecular flexibility index (Phi) is 6.64. The minimum atomic E-state index is -0.466. The van der Waals surface area contributed by atoms with Crippen LogP contribution in [0.25, 0.3) is 11.2 Å². The van der Waals surface area contributed by atoms with Crippen molar-refractivity contribution in [1.82, 2.24) is 29.5 Å². The Morgan fingerprint density at radius 3 is 2.39 bits per heavy atom. The normalized spacial score (nSPS) is 11.0. The highest BCUT2D eigenvalue weighted by atomic mass is 32.2. The summed E-state index contributed by atoms with van der Waals surface area (Å²) in [5, 5.41) is 0.454. The van der Waals surface area contributed by atoms with Gasteiger partial charge in [0.25, 0.3) is 11.5 Å². The van der Waals surface area contributed by atoms with Gasteiger partial charge >= 0.3 is 5.69 Å². The molecule has 0 saturated carbocycles. The summed E-state index contributed by atoms with van der Waals surface area (Å²) in [6.45, 7) is 4.39. The van der Waals surface area contributed by atoms with Crippen molar-refractivity contribution in [2.75, 3.05) is 5.75 Å². The van der Waals surface area contributed by atoms with Crippen LogP contribution < -0.4 is 22.1 Å². The molecule has 0 bridgehead atoms. The molecular weight excluding hydrogens is 420 g/mol. The first-order valence-corrected chi connectivity index (χ1v) is 10.7. The fraction of sp³-hybridized carbons (Fsp3) is 0.350. The van der Waals surface area contributed by atoms with E-state index >= 15 is 0 Å². The predicted molar refractivity (Wildman–Crippen MR) is 118 cm³/mol. The van der Waals surface area contributed by atoms with Crippen LogP contribution in [0.4, 0.5) is 0 Å². The zero-order chi connectivity index (χ0) is 22.7. The topological polar surface area (TPSA) is 120 Å². The third-order valence-corrected chi connectivity index (χ3v) is 5.70. The predicted octanol–water partition coefficient (Wildman–Crippen LogP) is 0.705. The summed E-state index contributed by atoms with van der Waals surface area (Å²) < 4.78 is 4.08. The molecule has 11 heteroatoms. The fourth-order valence-electron chi connectivity index (χ4n) is 3.04. The Morgan fingerprint density at radius 1 is 1.06 bits per heavy atom. The molecule has 164 valence electrons. The highest BCUT2D eigenvalue weighted by Gasteiger charge is 2.19. The number of imidazole rings is 1. The van der Waals surface area contributed by atoms with Crippen LogP contribution >= 0.6 is 11.8 Å². The van der Waals surface area contributed by atoms with Gasteiger partial charge in [-0.1, -0.05) is 36.4 Å². The number of fused-ring (bicyclic) bond motifs is 1. The van der Waals surface area contributed by atoms with Gasteiger partial charge in [0.05, 0.1) is 5.75 Å². The van der Waals surface area contributed by atoms with Gasteiger partial charge in [0.2, 0.25) is 5.91 Å². The van der Waals surface area contributed by atoms with Gasteiger partial charge in [0.15, 0.2) is 16.3 Å². The first kappa shape index (κ1) is 22.3. The maximum atomic E-state index is 12.6. The molecule has 2 heterocycles. The van der Waals surface area contributed by atoms with Crippen molar-refractivity contribution >= 4 is 34.7 Å². The van der Waals surface area contributed by atoms with Gasteiger partial charge in [0, 0.05) is 26.2 Å². The van der Waals surface area contributed by atoms with Gasteiger partial charge in [0.1, 0.15) is 0 Å². The summed E-state index contributed by atoms with van der Waals surface area (Å²) in [5.41, 5.74) is 5.91. The van der Waals surface area contributed by atoms with E-state index < -0.39 is 23.1 Å². The SMILES string of the molecule is CCCn1c(SCC(=O)NNC(=O)c2ccc(C)cc2)nc2c1c(=O)n(C)c(=O)n2C. The number of aryl methyl sites for hydroxylation is 3. The number of thioether (sulfide) groups is 1. The summed E-state index contributed by atoms with van der Waals surface area (Å²) in [5.74, 6) is -0.882. The lowest BCUT2D eigenvalue weighted by Gasteiger charge is -2.09. The fourth-order valence-corrected chi connectivity index (χ4v) is 3.86. The van der Waals surface area contributed by atoms with E-state index in [9.17, 15) is 19.2 Å². The highest BCUT2D eigenvalue weighted by Crippen LogP contribution is 2.21. The van der Waals surface area contributed by atoms with Gasteiger partial charge in [-0.3, -0.25) is 34.4 Å². The number of amides is 2. The van der Waals surface area contributed by atoms with Crippen molar-refractivity contribution < 1.29 is 9.59 Å². The molecule has 31 heavy (non-hydrogen) atoms. The lowest BCUT2D eigenvalue weighted by atomic mass is 10.1. The number of nitrogens with zero attached hydrogens (tertiary/aromatic N) is 4. The summed E-state index contributed by atoms with van der Waals surface area (Å²) >= 11 is 1.12. The molecule has 10 nitrogen and oxygen atoms in total. The number of rotatable bonds is 6. The first-order chi connectivity index (χ1) is 14.7. The van der Waals surface area contributed by atoms with Crippen LogP contribution in [-0.2, 0) is 25.4 Å². The molecular formula is C20H24N6O4S. The molecule has 2 aromatic heterocycles. The summed E-state index contributed by atoms with van der Waals surface area (Å²) in [4.78, 5) is 53.6. The van der Waals surface area contributed by atoms with E-state index in [1.807, 2.05) is 26.0 Å². The number of hydrazine groups is 1. The Morgan fingerprint density at radius 2 is 1.74 bits per heavy atom. The quantitative estimate of drug-likeness (QED) is 0.427. The second kappa shape index (κ2) is 9.21. The van der Waals surface area contributed by atoms with Gasteiger partial charge in [-0.15, -0.1) is 0 Å². The van der Waals surface area contributed by atoms with Crippen molar-refractivity contribution in [3.05, 3.63) is 56.2 Å². The number of benzene rings is 1. The zero-order valence-electron chi connectivity index (χ0n) is 17.8. The van der Waals surface area contributed by atoms with Gasteiger partial charge in [-0.2, -0.15) is 0 Å². The number of nitrogens with one attached hydrogen (secondary N) is 2. The van der Waals surface area contributed by atoms with Crippen LogP contribution in [0.3, 0.4) is 0 Å². The molecule has 0 fully saturated rings. The summed E-state index contributed by atoms with van der Waals surface area (Å²) in [6, 6.07) is 6.96. The Bertz CT molecular complexity index is 1260. The summed E-state index contributed by atoms with van der Waals surface area (Å²) in [7, 11) is 2.97. The van der Waals surface area contributed by atoms with Crippen molar-refractivity contribution in [3.8, 4) is 0 Å². The van der Waals surface area contributed by atoms with Crippen molar-refractivity contribution in [2.45, 2.75) is 32.0 Å². The second-order valence-corrected chi connectivity index (χ2v) is 8.02. The molecule has 1 aromatic carbocycles. The largest absolute Gasteiger partial charge is 0.332 e. The molecule has 2 N–H and O–H groups in total. The van der Waals surface area contributed by atoms with E-state index in [1.54, 1.807) is 23.7 Å². The third-order valence-electron chi connectivity index (χ3n) is 4.72. The smallest absolute Gasteiger partial charge is 0.313 e. The van der Waals surface area contributed by atoms with Crippen LogP contribution in [-0.4, -0.2) is 36.3 Å². The van der Waals surface area contributed by atoms with Crippen molar-refractivity contribution in [2.24, 2.45) is 14.1 Å². The molecule has 0 unspecified atom stereocenters. The first-order valence-electron chi connectivity index (χ1n) is 9.69. The molecule has 0 aliphatic heterocycles. The Balaban J connectivity index is 1.74. The molecule has 2 amide bonds. The number of carbonyl (C=O) groups is 2. The van der Waals surface area contributed by atoms with Crippen LogP contribution in [0, 0.1) is 6.92 Å². The van der Waals surface area contributed by atoms with E-state index in [0.717, 1.165) is 28.3 Å². The van der Waals surface area contributed by atoms with E-state index in [-0.39, 0.29) is 11.4 Å². The number of carbonyl (C=O) groups excluding carboxylic acids is 2. The molecule has 0 aliphatic rings. The van der Waals surface area contributed by atoms with Crippen LogP contribution in [0.15, 0.2) is 39.0 Å². The summed E-state index contributed by atoms with van der Waals surface area (Å²) in [6.07, 6.45) is 0.740. The molecule has 0 spiro atoms. The number of aromatic nitrogens is 4. The second-order valence-electron chi connectivity index (χ2n) is 7.08. The van der Waals surface area contributed by atoms with Crippen LogP contribution in [0.1, 0.15) is 29.3 Å². The average molecular weight is 445 g/mol. The molecule has 3 rings (SSSR count). The maximum absolute atomic E-state index is 12.6. The maximum Gasteiger partial charge on any atom is 0.332 e. The minimum absolute atomic E-state index is 0.0323. The Labute approximate surface area is 182 Å². The number of hydrogen-bond acceptors (Lipinski definition) is 6. The van der Waals surface area contributed by atoms with Crippen LogP contribution in [0.2, 0.25) is 0 Å². The molecule has 3 aromatic rings. The lowest BCUT2D eigenvalue weighted by molar-refractivity contribution is -0.119. The van der Waals surface area contributed by atoms with E-state index in [2.05, 4.69) is 15.8 Å². The molecule has 0 radical (unpaired) electrons. The number of hydrogen-bond donors (Lipinski definition) is 2. The average Bonchev–Trinajstić information content (AvgIpc) is 3.12. The van der Waals surface area contributed by atoms with Crippen molar-refractivity contribution in [1.29, 1.82) is 0 Å². The standard InChI is InChI=1S/C20H24N6O4S/c1-5-10-26-15-16(24(3)20(30)25(4)18(15)29)21-19(26)31-11-14(27)22-23-17(28)13-8-6-12(2)7-9-13/h6-9H,5,10-11H2,1-4H3,(H,22,27)(H,23,28). The van der Waals surface area contributed by atoms with Gasteiger partial charge < -0.3 is 4.57 Å². The van der Waals surface area contributed by atoms with Crippen LogP contribution in [0.5, 0.6) is 0 Å². The molecule has 0 aliphatic carbocycles. The minimum Gasteiger partial charge on any atom is -0.313 e. The van der Waals surface area contributed by atoms with Gasteiger partial charge in [-0.05, 0) is 25.5 Å². The monoisotopic (exact) mass is 444 g/mol. The zero-order valence-corrected chi connectivity index (χ0v) is 18.6. The highest BCUT2D eigenvalue weighted by molar-refractivity contribution is 7.99. The van der Waals surface area contributed by atoms with Gasteiger partial charge in [-0.25, -0.2) is 9.78 Å². The van der Waals surface area contributed by atoms with Crippen molar-refractivity contribution in [3.63, 3.8) is 0 Å². The molecule has 0 saturated heterocycles. The third kappa shape index (κ3) is 4.55. The Hall–Kier alpha value is -3.34. The van der Waals surface area contributed by atoms with E-state index in [0.29, 0.717) is 22.8 Å². The van der Waals surface area contributed by atoms with E-state index in [4.69, 9.17) is 0 Å². The molecule has 0 atom stereocenters. The van der Waals surface area contributed by atoms with E-state index in [1.165, 1.54) is 11.6 Å².